The molecule has 6 nitrogen and oxygen atoms in total. The lowest BCUT2D eigenvalue weighted by Gasteiger charge is -2.30. The van der Waals surface area contributed by atoms with Gasteiger partial charge in [-0.05, 0) is 76.2 Å². The number of nitrogens with one attached hydrogen (secondary N) is 1. The smallest absolute Gasteiger partial charge is 0.171 e. The van der Waals surface area contributed by atoms with E-state index in [1.54, 1.807) is 6.20 Å². The van der Waals surface area contributed by atoms with Gasteiger partial charge >= 0.3 is 0 Å². The Hall–Kier alpha value is -2.38. The first-order valence-electron chi connectivity index (χ1n) is 11.0. The highest BCUT2D eigenvalue weighted by atomic mass is 79.9. The van der Waals surface area contributed by atoms with Crippen LogP contribution < -0.4 is 5.32 Å². The summed E-state index contributed by atoms with van der Waals surface area (Å²) in [5.41, 5.74) is 4.35. The first-order valence-corrected chi connectivity index (χ1v) is 11.8. The molecule has 0 aliphatic heterocycles. The number of fused-ring (bicyclic) bond motifs is 2. The number of halogens is 1. The molecule has 5 rings (SSSR count). The lowest BCUT2D eigenvalue weighted by atomic mass is 9.77. The van der Waals surface area contributed by atoms with E-state index in [-0.39, 0.29) is 6.61 Å². The maximum Gasteiger partial charge on any atom is 0.171 e. The van der Waals surface area contributed by atoms with Crippen molar-refractivity contribution in [1.82, 2.24) is 19.2 Å². The standard InChI is InChI=1S/C24H28BrN5O/c1-29-9-8-18-10-16(6-7-22(18)29)13-26-23-12-20(28-24-21(25)14-27-30(23)24)11-17-4-2-3-5-19(17)15-31/h6-10,12,14,17,19,26,31H,2-5,11,13,15H2,1H3/t17-,19+/m1/s1. The van der Waals surface area contributed by atoms with E-state index in [9.17, 15) is 5.11 Å². The summed E-state index contributed by atoms with van der Waals surface area (Å²) < 4.78 is 4.89. The van der Waals surface area contributed by atoms with E-state index in [0.29, 0.717) is 18.4 Å². The molecule has 2 N–H and O–H groups in total. The molecule has 1 saturated carbocycles. The number of benzene rings is 1. The zero-order chi connectivity index (χ0) is 21.4. The molecule has 0 radical (unpaired) electrons. The normalized spacial score (nSPS) is 19.3. The van der Waals surface area contributed by atoms with Crippen LogP contribution in [-0.4, -0.2) is 30.9 Å². The van der Waals surface area contributed by atoms with Gasteiger partial charge in [-0.1, -0.05) is 18.9 Å². The van der Waals surface area contributed by atoms with E-state index in [4.69, 9.17) is 4.98 Å². The Balaban J connectivity index is 1.41. The van der Waals surface area contributed by atoms with Gasteiger partial charge in [0.25, 0.3) is 0 Å². The topological polar surface area (TPSA) is 67.4 Å². The van der Waals surface area contributed by atoms with Crippen LogP contribution in [0.3, 0.4) is 0 Å². The fourth-order valence-corrected chi connectivity index (χ4v) is 5.26. The Morgan fingerprint density at radius 3 is 2.84 bits per heavy atom. The van der Waals surface area contributed by atoms with Crippen LogP contribution in [0.2, 0.25) is 0 Å². The monoisotopic (exact) mass is 481 g/mol. The minimum Gasteiger partial charge on any atom is -0.396 e. The van der Waals surface area contributed by atoms with Gasteiger partial charge in [-0.25, -0.2) is 4.98 Å². The van der Waals surface area contributed by atoms with Crippen LogP contribution in [0, 0.1) is 11.8 Å². The SMILES string of the molecule is Cn1ccc2cc(CNc3cc(C[C@H]4CCCC[C@H]4CO)nc4c(Br)cnn34)ccc21. The molecule has 0 unspecified atom stereocenters. The summed E-state index contributed by atoms with van der Waals surface area (Å²) in [6.07, 6.45) is 9.53. The minimum atomic E-state index is 0.274. The minimum absolute atomic E-state index is 0.274. The molecule has 7 heteroatoms. The number of hydrogen-bond donors (Lipinski definition) is 2. The van der Waals surface area contributed by atoms with Gasteiger partial charge in [0, 0.05) is 43.7 Å². The zero-order valence-electron chi connectivity index (χ0n) is 17.8. The fraction of sp³-hybridized carbons (Fsp3) is 0.417. The molecule has 3 heterocycles. The third-order valence-corrected chi connectivity index (χ3v) is 7.24. The molecule has 31 heavy (non-hydrogen) atoms. The number of anilines is 1. The Morgan fingerprint density at radius 2 is 2.00 bits per heavy atom. The van der Waals surface area contributed by atoms with Crippen LogP contribution >= 0.6 is 15.9 Å². The Morgan fingerprint density at radius 1 is 1.16 bits per heavy atom. The van der Waals surface area contributed by atoms with Crippen LogP contribution in [0.15, 0.2) is 47.2 Å². The Labute approximate surface area is 190 Å². The molecular formula is C24H28BrN5O. The summed E-state index contributed by atoms with van der Waals surface area (Å²) in [6.45, 7) is 0.986. The molecule has 4 aromatic rings. The van der Waals surface area contributed by atoms with Crippen molar-refractivity contribution in [2.24, 2.45) is 18.9 Å². The molecule has 2 atom stereocenters. The Kier molecular flexibility index (Phi) is 5.71. The molecule has 0 spiro atoms. The van der Waals surface area contributed by atoms with Crippen molar-refractivity contribution < 1.29 is 5.11 Å². The van der Waals surface area contributed by atoms with Gasteiger partial charge in [0.2, 0.25) is 0 Å². The molecule has 1 aliphatic carbocycles. The highest BCUT2D eigenvalue weighted by Gasteiger charge is 2.25. The van der Waals surface area contributed by atoms with Gasteiger partial charge in [0.15, 0.2) is 5.65 Å². The summed E-state index contributed by atoms with van der Waals surface area (Å²) in [5.74, 6) is 1.81. The summed E-state index contributed by atoms with van der Waals surface area (Å²) >= 11 is 3.60. The van der Waals surface area contributed by atoms with Crippen molar-refractivity contribution in [3.8, 4) is 0 Å². The molecule has 1 fully saturated rings. The predicted molar refractivity (Wildman–Crippen MR) is 127 cm³/mol. The van der Waals surface area contributed by atoms with Gasteiger partial charge in [-0.15, -0.1) is 0 Å². The van der Waals surface area contributed by atoms with Crippen molar-refractivity contribution in [3.63, 3.8) is 0 Å². The lowest BCUT2D eigenvalue weighted by molar-refractivity contribution is 0.134. The molecule has 1 aromatic carbocycles. The average Bonchev–Trinajstić information content (AvgIpc) is 3.35. The van der Waals surface area contributed by atoms with E-state index in [1.165, 1.54) is 35.7 Å². The van der Waals surface area contributed by atoms with Crippen LogP contribution in [0.4, 0.5) is 5.82 Å². The van der Waals surface area contributed by atoms with Gasteiger partial charge in [0.1, 0.15) is 5.82 Å². The second-order valence-corrected chi connectivity index (χ2v) is 9.58. The number of aromatic nitrogens is 4. The van der Waals surface area contributed by atoms with Gasteiger partial charge in [-0.3, -0.25) is 0 Å². The van der Waals surface area contributed by atoms with Crippen molar-refractivity contribution in [2.45, 2.75) is 38.6 Å². The van der Waals surface area contributed by atoms with Crippen molar-refractivity contribution >= 4 is 38.3 Å². The molecular weight excluding hydrogens is 454 g/mol. The zero-order valence-corrected chi connectivity index (χ0v) is 19.3. The van der Waals surface area contributed by atoms with Crippen LogP contribution in [0.5, 0.6) is 0 Å². The van der Waals surface area contributed by atoms with Gasteiger partial charge in [-0.2, -0.15) is 9.61 Å². The third-order valence-electron chi connectivity index (χ3n) is 6.68. The number of rotatable bonds is 6. The molecule has 3 aromatic heterocycles. The number of aliphatic hydroxyl groups excluding tert-OH is 1. The summed E-state index contributed by atoms with van der Waals surface area (Å²) in [6, 6.07) is 10.8. The van der Waals surface area contributed by atoms with Crippen molar-refractivity contribution in [3.05, 3.63) is 58.5 Å². The molecule has 0 amide bonds. The number of aryl methyl sites for hydroxylation is 1. The highest BCUT2D eigenvalue weighted by Crippen LogP contribution is 2.33. The number of aliphatic hydroxyl groups is 1. The molecule has 0 bridgehead atoms. The second kappa shape index (κ2) is 8.63. The molecule has 0 saturated heterocycles. The number of nitrogens with zero attached hydrogens (tertiary/aromatic N) is 4. The van der Waals surface area contributed by atoms with Crippen molar-refractivity contribution in [2.75, 3.05) is 11.9 Å². The quantitative estimate of drug-likeness (QED) is 0.409. The van der Waals surface area contributed by atoms with Gasteiger partial charge in [0.05, 0.1) is 10.7 Å². The van der Waals surface area contributed by atoms with Crippen LogP contribution in [0.1, 0.15) is 36.9 Å². The highest BCUT2D eigenvalue weighted by molar-refractivity contribution is 9.10. The summed E-state index contributed by atoms with van der Waals surface area (Å²) in [7, 11) is 2.07. The van der Waals surface area contributed by atoms with E-state index in [1.807, 2.05) is 4.52 Å². The average molecular weight is 482 g/mol. The third kappa shape index (κ3) is 4.08. The maximum absolute atomic E-state index is 9.81. The van der Waals surface area contributed by atoms with Crippen LogP contribution in [0.25, 0.3) is 16.6 Å². The fourth-order valence-electron chi connectivity index (χ4n) is 4.91. The summed E-state index contributed by atoms with van der Waals surface area (Å²) in [5, 5.41) is 19.1. The van der Waals surface area contributed by atoms with E-state index in [0.717, 1.165) is 34.5 Å². The Bertz CT molecular complexity index is 1210. The maximum atomic E-state index is 9.81. The van der Waals surface area contributed by atoms with Gasteiger partial charge < -0.3 is 15.0 Å². The lowest BCUT2D eigenvalue weighted by Crippen LogP contribution is -2.25. The van der Waals surface area contributed by atoms with E-state index in [2.05, 4.69) is 74.5 Å². The number of hydrogen-bond acceptors (Lipinski definition) is 4. The van der Waals surface area contributed by atoms with Crippen molar-refractivity contribution in [1.29, 1.82) is 0 Å². The second-order valence-electron chi connectivity index (χ2n) is 8.73. The van der Waals surface area contributed by atoms with E-state index < -0.39 is 0 Å². The predicted octanol–water partition coefficient (Wildman–Crippen LogP) is 4.94. The molecule has 1 aliphatic rings. The summed E-state index contributed by atoms with van der Waals surface area (Å²) in [4.78, 5) is 4.89. The van der Waals surface area contributed by atoms with E-state index >= 15 is 0 Å². The first kappa shape index (κ1) is 20.5. The first-order chi connectivity index (χ1) is 15.1. The largest absolute Gasteiger partial charge is 0.396 e. The van der Waals surface area contributed by atoms with Crippen LogP contribution in [-0.2, 0) is 20.0 Å². The molecule has 162 valence electrons.